The van der Waals surface area contributed by atoms with Gasteiger partial charge in [-0.05, 0) is 24.5 Å². The fourth-order valence-electron chi connectivity index (χ4n) is 1.92. The fourth-order valence-corrected chi connectivity index (χ4v) is 2.34. The van der Waals surface area contributed by atoms with Gasteiger partial charge in [0.05, 0.1) is 0 Å². The summed E-state index contributed by atoms with van der Waals surface area (Å²) in [6.45, 7) is 0. The van der Waals surface area contributed by atoms with E-state index in [1.54, 1.807) is 0 Å². The Bertz CT molecular complexity index is 543. The molecule has 0 radical (unpaired) electrons. The summed E-state index contributed by atoms with van der Waals surface area (Å²) < 4.78 is 3.04. The molecule has 0 amide bonds. The minimum absolute atomic E-state index is 0.620. The van der Waals surface area contributed by atoms with Crippen molar-refractivity contribution in [3.63, 3.8) is 0 Å². The molecule has 1 aliphatic carbocycles. The van der Waals surface area contributed by atoms with E-state index in [1.807, 2.05) is 17.8 Å². The third-order valence-electron chi connectivity index (χ3n) is 3.12. The van der Waals surface area contributed by atoms with Crippen molar-refractivity contribution in [3.05, 3.63) is 46.0 Å². The molecule has 17 heavy (non-hydrogen) atoms. The Hall–Kier alpha value is -1.16. The summed E-state index contributed by atoms with van der Waals surface area (Å²) in [4.78, 5) is 4.64. The Balaban J connectivity index is 1.87. The zero-order valence-corrected chi connectivity index (χ0v) is 11.3. The van der Waals surface area contributed by atoms with Gasteiger partial charge in [0.1, 0.15) is 5.82 Å². The maximum absolute atomic E-state index is 4.64. The first-order valence-electron chi connectivity index (χ1n) is 5.87. The molecule has 1 heterocycles. The lowest BCUT2D eigenvalue weighted by molar-refractivity contribution is 0.705. The third-order valence-corrected chi connectivity index (χ3v) is 3.89. The number of aryl methyl sites for hydroxylation is 1. The van der Waals surface area contributed by atoms with Crippen LogP contribution in [-0.4, -0.2) is 14.8 Å². The summed E-state index contributed by atoms with van der Waals surface area (Å²) in [6, 6.07) is 8.27. The van der Waals surface area contributed by atoms with Gasteiger partial charge in [0.15, 0.2) is 5.82 Å². The molecule has 0 bridgehead atoms. The number of rotatable bonds is 3. The highest BCUT2D eigenvalue weighted by molar-refractivity contribution is 9.10. The molecular weight excluding hydrogens is 278 g/mol. The van der Waals surface area contributed by atoms with Gasteiger partial charge >= 0.3 is 0 Å². The van der Waals surface area contributed by atoms with Crippen molar-refractivity contribution in [1.29, 1.82) is 0 Å². The molecule has 1 fully saturated rings. The van der Waals surface area contributed by atoms with Crippen LogP contribution in [0.3, 0.4) is 0 Å². The molecule has 3 rings (SSSR count). The van der Waals surface area contributed by atoms with Gasteiger partial charge in [-0.15, -0.1) is 0 Å². The maximum atomic E-state index is 4.64. The topological polar surface area (TPSA) is 30.7 Å². The monoisotopic (exact) mass is 291 g/mol. The second kappa shape index (κ2) is 4.26. The van der Waals surface area contributed by atoms with Crippen molar-refractivity contribution < 1.29 is 0 Å². The van der Waals surface area contributed by atoms with E-state index >= 15 is 0 Å². The van der Waals surface area contributed by atoms with E-state index in [2.05, 4.69) is 44.2 Å². The normalized spacial score (nSPS) is 15.2. The minimum atomic E-state index is 0.620. The van der Waals surface area contributed by atoms with Gasteiger partial charge in [-0.1, -0.05) is 34.1 Å². The highest BCUT2D eigenvalue weighted by atomic mass is 79.9. The van der Waals surface area contributed by atoms with E-state index in [9.17, 15) is 0 Å². The number of halogens is 1. The average molecular weight is 292 g/mol. The molecule has 0 spiro atoms. The van der Waals surface area contributed by atoms with Gasteiger partial charge in [-0.25, -0.2) is 4.98 Å². The van der Waals surface area contributed by atoms with Crippen molar-refractivity contribution in [1.82, 2.24) is 14.8 Å². The number of hydrogen-bond donors (Lipinski definition) is 0. The summed E-state index contributed by atoms with van der Waals surface area (Å²) in [5.41, 5.74) is 1.25. The fraction of sp³-hybridized carbons (Fsp3) is 0.385. The summed E-state index contributed by atoms with van der Waals surface area (Å²) in [6.07, 6.45) is 3.33. The van der Waals surface area contributed by atoms with Crippen LogP contribution in [0, 0.1) is 0 Å². The highest BCUT2D eigenvalue weighted by Gasteiger charge is 2.28. The van der Waals surface area contributed by atoms with Crippen LogP contribution in [0.4, 0.5) is 0 Å². The molecule has 1 saturated carbocycles. The van der Waals surface area contributed by atoms with Crippen LogP contribution in [0.2, 0.25) is 0 Å². The van der Waals surface area contributed by atoms with Gasteiger partial charge in [0.25, 0.3) is 0 Å². The quantitative estimate of drug-likeness (QED) is 0.870. The Morgan fingerprint density at radius 1 is 1.35 bits per heavy atom. The number of nitrogens with zero attached hydrogens (tertiary/aromatic N) is 3. The lowest BCUT2D eigenvalue weighted by Gasteiger charge is -2.02. The van der Waals surface area contributed by atoms with E-state index in [-0.39, 0.29) is 0 Å². The molecule has 1 aromatic carbocycles. The lowest BCUT2D eigenvalue weighted by Crippen LogP contribution is -2.00. The molecule has 4 heteroatoms. The van der Waals surface area contributed by atoms with Crippen LogP contribution in [0.1, 0.15) is 36.0 Å². The van der Waals surface area contributed by atoms with Crippen molar-refractivity contribution in [3.8, 4) is 0 Å². The number of aromatic nitrogens is 3. The highest BCUT2D eigenvalue weighted by Crippen LogP contribution is 2.38. The first-order valence-corrected chi connectivity index (χ1v) is 6.66. The summed E-state index contributed by atoms with van der Waals surface area (Å²) >= 11 is 3.57. The van der Waals surface area contributed by atoms with E-state index in [0.717, 1.165) is 22.5 Å². The number of benzene rings is 1. The Kier molecular flexibility index (Phi) is 2.74. The van der Waals surface area contributed by atoms with Crippen LogP contribution in [0.5, 0.6) is 0 Å². The number of hydrogen-bond acceptors (Lipinski definition) is 2. The smallest absolute Gasteiger partial charge is 0.154 e. The van der Waals surface area contributed by atoms with Gasteiger partial charge in [-0.2, -0.15) is 5.10 Å². The Labute approximate surface area is 109 Å². The zero-order valence-electron chi connectivity index (χ0n) is 9.73. The van der Waals surface area contributed by atoms with Crippen molar-refractivity contribution in [2.45, 2.75) is 25.2 Å². The first kappa shape index (κ1) is 11.0. The van der Waals surface area contributed by atoms with Gasteiger partial charge in [0.2, 0.25) is 0 Å². The SMILES string of the molecule is Cn1nc(C2CC2)nc1Cc1ccccc1Br. The molecule has 88 valence electrons. The second-order valence-electron chi connectivity index (χ2n) is 4.55. The van der Waals surface area contributed by atoms with Crippen LogP contribution >= 0.6 is 15.9 Å². The maximum Gasteiger partial charge on any atom is 0.154 e. The zero-order chi connectivity index (χ0) is 11.8. The van der Waals surface area contributed by atoms with Crippen LogP contribution in [-0.2, 0) is 13.5 Å². The van der Waals surface area contributed by atoms with Crippen molar-refractivity contribution in [2.75, 3.05) is 0 Å². The second-order valence-corrected chi connectivity index (χ2v) is 5.41. The van der Waals surface area contributed by atoms with E-state index in [0.29, 0.717) is 5.92 Å². The largest absolute Gasteiger partial charge is 0.253 e. The average Bonchev–Trinajstić information content (AvgIpc) is 3.09. The van der Waals surface area contributed by atoms with Crippen LogP contribution in [0.15, 0.2) is 28.7 Å². The molecule has 0 N–H and O–H groups in total. The molecule has 0 unspecified atom stereocenters. The van der Waals surface area contributed by atoms with E-state index < -0.39 is 0 Å². The predicted octanol–water partition coefficient (Wildman–Crippen LogP) is 3.05. The molecule has 0 aliphatic heterocycles. The minimum Gasteiger partial charge on any atom is -0.253 e. The molecule has 0 atom stereocenters. The van der Waals surface area contributed by atoms with Gasteiger partial charge in [-0.3, -0.25) is 4.68 Å². The first-order chi connectivity index (χ1) is 8.24. The standard InChI is InChI=1S/C13H14BrN3/c1-17-12(15-13(16-17)9-6-7-9)8-10-4-2-3-5-11(10)14/h2-5,9H,6-8H2,1H3. The van der Waals surface area contributed by atoms with Crippen molar-refractivity contribution >= 4 is 15.9 Å². The molecule has 0 saturated heterocycles. The summed E-state index contributed by atoms with van der Waals surface area (Å²) in [7, 11) is 1.98. The van der Waals surface area contributed by atoms with Gasteiger partial charge in [0, 0.05) is 23.9 Å². The Morgan fingerprint density at radius 2 is 2.12 bits per heavy atom. The molecule has 1 aliphatic rings. The van der Waals surface area contributed by atoms with Crippen LogP contribution < -0.4 is 0 Å². The van der Waals surface area contributed by atoms with E-state index in [1.165, 1.54) is 18.4 Å². The van der Waals surface area contributed by atoms with Crippen molar-refractivity contribution in [2.24, 2.45) is 7.05 Å². The predicted molar refractivity (Wildman–Crippen MR) is 69.9 cm³/mol. The molecule has 3 nitrogen and oxygen atoms in total. The molecule has 2 aromatic rings. The molecular formula is C13H14BrN3. The summed E-state index contributed by atoms with van der Waals surface area (Å²) in [5.74, 6) is 2.68. The van der Waals surface area contributed by atoms with Gasteiger partial charge < -0.3 is 0 Å². The van der Waals surface area contributed by atoms with Crippen LogP contribution in [0.25, 0.3) is 0 Å². The lowest BCUT2D eigenvalue weighted by atomic mass is 10.1. The third kappa shape index (κ3) is 2.27. The Morgan fingerprint density at radius 3 is 2.82 bits per heavy atom. The summed E-state index contributed by atoms with van der Waals surface area (Å²) in [5, 5.41) is 4.49. The molecule has 1 aromatic heterocycles. The van der Waals surface area contributed by atoms with E-state index in [4.69, 9.17) is 0 Å².